The average Bonchev–Trinajstić information content (AvgIpc) is 2.45. The summed E-state index contributed by atoms with van der Waals surface area (Å²) < 4.78 is 39.3. The van der Waals surface area contributed by atoms with E-state index in [0.29, 0.717) is 31.8 Å². The van der Waals surface area contributed by atoms with Crippen LogP contribution in [-0.2, 0) is 4.79 Å². The van der Waals surface area contributed by atoms with Gasteiger partial charge in [0.15, 0.2) is 0 Å². The van der Waals surface area contributed by atoms with Crippen LogP contribution in [0.25, 0.3) is 0 Å². The van der Waals surface area contributed by atoms with Crippen LogP contribution >= 0.6 is 0 Å². The number of amides is 1. The molecule has 3 unspecified atom stereocenters. The summed E-state index contributed by atoms with van der Waals surface area (Å²) in [6.45, 7) is 3.04. The van der Waals surface area contributed by atoms with Gasteiger partial charge in [-0.25, -0.2) is 0 Å². The van der Waals surface area contributed by atoms with Crippen LogP contribution in [-0.4, -0.2) is 36.1 Å². The Morgan fingerprint density at radius 1 is 1.14 bits per heavy atom. The maximum atomic E-state index is 13.1. The van der Waals surface area contributed by atoms with Gasteiger partial charge in [-0.2, -0.15) is 13.2 Å². The smallest absolute Gasteiger partial charge is 0.342 e. The Kier molecular flexibility index (Phi) is 5.17. The van der Waals surface area contributed by atoms with Gasteiger partial charge in [-0.05, 0) is 38.5 Å². The predicted molar refractivity (Wildman–Crippen MR) is 74.5 cm³/mol. The second-order valence-electron chi connectivity index (χ2n) is 6.56. The largest absolute Gasteiger partial charge is 0.392 e. The minimum Gasteiger partial charge on any atom is -0.342 e. The first-order valence-electron chi connectivity index (χ1n) is 7.91. The zero-order chi connectivity index (χ0) is 15.6. The summed E-state index contributed by atoms with van der Waals surface area (Å²) in [6.07, 6.45) is -0.906. The Morgan fingerprint density at radius 3 is 2.24 bits per heavy atom. The van der Waals surface area contributed by atoms with Gasteiger partial charge in [0.2, 0.25) is 5.91 Å². The number of rotatable bonds is 2. The molecule has 122 valence electrons. The summed E-state index contributed by atoms with van der Waals surface area (Å²) in [4.78, 5) is 14.1. The Balaban J connectivity index is 1.98. The molecule has 3 atom stereocenters. The van der Waals surface area contributed by atoms with Crippen molar-refractivity contribution < 1.29 is 18.0 Å². The van der Waals surface area contributed by atoms with Gasteiger partial charge in [0.05, 0.1) is 5.92 Å². The normalized spacial score (nSPS) is 30.2. The number of piperidine rings is 1. The number of hydrogen-bond acceptors (Lipinski definition) is 2. The van der Waals surface area contributed by atoms with Crippen molar-refractivity contribution in [3.05, 3.63) is 0 Å². The third kappa shape index (κ3) is 3.90. The van der Waals surface area contributed by atoms with Gasteiger partial charge in [-0.1, -0.05) is 12.8 Å². The van der Waals surface area contributed by atoms with Gasteiger partial charge in [0.1, 0.15) is 0 Å². The molecule has 21 heavy (non-hydrogen) atoms. The van der Waals surface area contributed by atoms with E-state index in [4.69, 9.17) is 5.73 Å². The highest BCUT2D eigenvalue weighted by molar-refractivity contribution is 5.79. The van der Waals surface area contributed by atoms with E-state index in [-0.39, 0.29) is 18.4 Å². The zero-order valence-electron chi connectivity index (χ0n) is 12.5. The van der Waals surface area contributed by atoms with E-state index in [1.165, 1.54) is 0 Å². The molecule has 1 amide bonds. The lowest BCUT2D eigenvalue weighted by atomic mass is 9.77. The van der Waals surface area contributed by atoms with Gasteiger partial charge >= 0.3 is 6.18 Å². The molecular formula is C15H25F3N2O. The van der Waals surface area contributed by atoms with Crippen LogP contribution in [0.2, 0.25) is 0 Å². The maximum absolute atomic E-state index is 13.1. The van der Waals surface area contributed by atoms with E-state index >= 15 is 0 Å². The number of carbonyl (C=O) groups excluding carboxylic acids is 1. The lowest BCUT2D eigenvalue weighted by Crippen LogP contribution is -2.48. The fourth-order valence-electron chi connectivity index (χ4n) is 3.70. The number of alkyl halides is 3. The highest BCUT2D eigenvalue weighted by Gasteiger charge is 2.49. The number of hydrogen-bond donors (Lipinski definition) is 1. The number of nitrogens with two attached hydrogens (primary N) is 1. The molecule has 3 nitrogen and oxygen atoms in total. The SMILES string of the molecule is CC(N)C1CCN(C(=O)C2CCCCC2C(F)(F)F)CC1. The third-order valence-corrected chi connectivity index (χ3v) is 5.10. The van der Waals surface area contributed by atoms with Crippen LogP contribution in [0.5, 0.6) is 0 Å². The van der Waals surface area contributed by atoms with Crippen LogP contribution in [0.15, 0.2) is 0 Å². The summed E-state index contributed by atoms with van der Waals surface area (Å²) in [7, 11) is 0. The molecule has 2 N–H and O–H groups in total. The molecule has 0 radical (unpaired) electrons. The van der Waals surface area contributed by atoms with Crippen LogP contribution in [0.4, 0.5) is 13.2 Å². The molecule has 2 fully saturated rings. The van der Waals surface area contributed by atoms with Gasteiger partial charge in [0, 0.05) is 25.0 Å². The summed E-state index contributed by atoms with van der Waals surface area (Å²) in [5.41, 5.74) is 5.86. The van der Waals surface area contributed by atoms with E-state index < -0.39 is 18.0 Å². The van der Waals surface area contributed by atoms with Gasteiger partial charge in [-0.3, -0.25) is 4.79 Å². The summed E-state index contributed by atoms with van der Waals surface area (Å²) in [5.74, 6) is -2.24. The minimum atomic E-state index is -4.26. The molecule has 2 rings (SSSR count). The number of nitrogens with zero attached hydrogens (tertiary/aromatic N) is 1. The summed E-state index contributed by atoms with van der Waals surface area (Å²) >= 11 is 0. The lowest BCUT2D eigenvalue weighted by Gasteiger charge is -2.39. The highest BCUT2D eigenvalue weighted by atomic mass is 19.4. The van der Waals surface area contributed by atoms with Crippen molar-refractivity contribution in [3.8, 4) is 0 Å². The Morgan fingerprint density at radius 2 is 1.71 bits per heavy atom. The highest BCUT2D eigenvalue weighted by Crippen LogP contribution is 2.42. The monoisotopic (exact) mass is 306 g/mol. The van der Waals surface area contributed by atoms with Crippen LogP contribution in [0, 0.1) is 17.8 Å². The van der Waals surface area contributed by atoms with Crippen LogP contribution in [0.1, 0.15) is 45.4 Å². The Hall–Kier alpha value is -0.780. The van der Waals surface area contributed by atoms with E-state index in [1.54, 1.807) is 4.90 Å². The van der Waals surface area contributed by atoms with E-state index in [9.17, 15) is 18.0 Å². The van der Waals surface area contributed by atoms with Gasteiger partial charge in [-0.15, -0.1) is 0 Å². The fraction of sp³-hybridized carbons (Fsp3) is 0.933. The topological polar surface area (TPSA) is 46.3 Å². The van der Waals surface area contributed by atoms with E-state index in [1.807, 2.05) is 6.92 Å². The van der Waals surface area contributed by atoms with Gasteiger partial charge in [0.25, 0.3) is 0 Å². The quantitative estimate of drug-likeness (QED) is 0.852. The van der Waals surface area contributed by atoms with Crippen molar-refractivity contribution in [2.24, 2.45) is 23.5 Å². The summed E-state index contributed by atoms with van der Waals surface area (Å²) in [6, 6.07) is 0.0832. The molecule has 1 aliphatic carbocycles. The standard InChI is InChI=1S/C15H25F3N2O/c1-10(19)11-6-8-20(9-7-11)14(21)12-4-2-3-5-13(12)15(16,17)18/h10-13H,2-9,19H2,1H3. The Bertz CT molecular complexity index is 362. The molecule has 0 aromatic carbocycles. The van der Waals surface area contributed by atoms with Crippen molar-refractivity contribution >= 4 is 5.91 Å². The molecule has 0 aromatic rings. The number of halogens is 3. The minimum absolute atomic E-state index is 0.0832. The first-order valence-corrected chi connectivity index (χ1v) is 7.91. The molecule has 0 bridgehead atoms. The average molecular weight is 306 g/mol. The zero-order valence-corrected chi connectivity index (χ0v) is 12.5. The first-order chi connectivity index (χ1) is 9.80. The van der Waals surface area contributed by atoms with Crippen LogP contribution < -0.4 is 5.73 Å². The van der Waals surface area contributed by atoms with E-state index in [0.717, 1.165) is 19.3 Å². The molecular weight excluding hydrogens is 281 g/mol. The predicted octanol–water partition coefficient (Wildman–Crippen LogP) is 2.94. The van der Waals surface area contributed by atoms with Crippen molar-refractivity contribution in [2.75, 3.05) is 13.1 Å². The third-order valence-electron chi connectivity index (χ3n) is 5.10. The second-order valence-corrected chi connectivity index (χ2v) is 6.56. The van der Waals surface area contributed by atoms with Crippen LogP contribution in [0.3, 0.4) is 0 Å². The Labute approximate surface area is 124 Å². The molecule has 1 heterocycles. The molecule has 0 aromatic heterocycles. The van der Waals surface area contributed by atoms with Crippen molar-refractivity contribution in [1.29, 1.82) is 0 Å². The molecule has 1 saturated carbocycles. The lowest BCUT2D eigenvalue weighted by molar-refractivity contribution is -0.201. The number of carbonyl (C=O) groups is 1. The molecule has 1 saturated heterocycles. The first kappa shape index (κ1) is 16.6. The molecule has 0 spiro atoms. The second kappa shape index (κ2) is 6.55. The van der Waals surface area contributed by atoms with Gasteiger partial charge < -0.3 is 10.6 Å². The van der Waals surface area contributed by atoms with Crippen molar-refractivity contribution in [3.63, 3.8) is 0 Å². The molecule has 2 aliphatic rings. The maximum Gasteiger partial charge on any atom is 0.392 e. The fourth-order valence-corrected chi connectivity index (χ4v) is 3.70. The number of likely N-dealkylation sites (tertiary alicyclic amines) is 1. The summed E-state index contributed by atoms with van der Waals surface area (Å²) in [5, 5.41) is 0. The van der Waals surface area contributed by atoms with E-state index in [2.05, 4.69) is 0 Å². The molecule has 1 aliphatic heterocycles. The molecule has 6 heteroatoms. The van der Waals surface area contributed by atoms with Crippen molar-refractivity contribution in [2.45, 2.75) is 57.7 Å². The van der Waals surface area contributed by atoms with Crippen molar-refractivity contribution in [1.82, 2.24) is 4.90 Å².